The minimum atomic E-state index is -1.04. The Bertz CT molecular complexity index is 867. The van der Waals surface area contributed by atoms with Crippen molar-refractivity contribution < 1.29 is 18.7 Å². The van der Waals surface area contributed by atoms with E-state index in [1.54, 1.807) is 19.9 Å². The van der Waals surface area contributed by atoms with Crippen LogP contribution < -0.4 is 0 Å². The minimum Gasteiger partial charge on any atom is -0.478 e. The van der Waals surface area contributed by atoms with Crippen LogP contribution in [0.15, 0.2) is 34.7 Å². The molecule has 1 heterocycles. The van der Waals surface area contributed by atoms with Gasteiger partial charge >= 0.3 is 5.97 Å². The standard InChI is InChI=1S/C16H12FNO3/c1-8-3-4-9(2)14(16(19)20)13(8)15-18-11-6-5-10(17)7-12(11)21-15/h3-7H,1-2H3,(H,19,20). The van der Waals surface area contributed by atoms with E-state index in [1.165, 1.54) is 18.2 Å². The normalized spacial score (nSPS) is 11.0. The van der Waals surface area contributed by atoms with Gasteiger partial charge in [-0.05, 0) is 37.1 Å². The van der Waals surface area contributed by atoms with Gasteiger partial charge in [0.15, 0.2) is 5.58 Å². The zero-order chi connectivity index (χ0) is 15.1. The quantitative estimate of drug-likeness (QED) is 0.774. The third kappa shape index (κ3) is 2.16. The second-order valence-corrected chi connectivity index (χ2v) is 4.89. The summed E-state index contributed by atoms with van der Waals surface area (Å²) in [7, 11) is 0. The van der Waals surface area contributed by atoms with Crippen molar-refractivity contribution in [3.8, 4) is 11.5 Å². The summed E-state index contributed by atoms with van der Waals surface area (Å²) < 4.78 is 18.8. The number of carboxylic acids is 1. The number of carbonyl (C=O) groups is 1. The second-order valence-electron chi connectivity index (χ2n) is 4.89. The summed E-state index contributed by atoms with van der Waals surface area (Å²) in [6, 6.07) is 7.58. The van der Waals surface area contributed by atoms with Gasteiger partial charge in [-0.25, -0.2) is 14.2 Å². The van der Waals surface area contributed by atoms with E-state index in [4.69, 9.17) is 4.42 Å². The summed E-state index contributed by atoms with van der Waals surface area (Å²) in [5.74, 6) is -1.28. The topological polar surface area (TPSA) is 63.3 Å². The average molecular weight is 285 g/mol. The maximum Gasteiger partial charge on any atom is 0.336 e. The van der Waals surface area contributed by atoms with Gasteiger partial charge in [-0.3, -0.25) is 0 Å². The van der Waals surface area contributed by atoms with E-state index < -0.39 is 11.8 Å². The number of halogens is 1. The number of nitrogens with zero attached hydrogens (tertiary/aromatic N) is 1. The summed E-state index contributed by atoms with van der Waals surface area (Å²) in [6.07, 6.45) is 0. The van der Waals surface area contributed by atoms with Crippen LogP contribution in [0.25, 0.3) is 22.6 Å². The van der Waals surface area contributed by atoms with E-state index in [2.05, 4.69) is 4.98 Å². The molecule has 0 aliphatic heterocycles. The van der Waals surface area contributed by atoms with E-state index in [0.717, 1.165) is 5.56 Å². The largest absolute Gasteiger partial charge is 0.478 e. The monoisotopic (exact) mass is 285 g/mol. The van der Waals surface area contributed by atoms with Crippen LogP contribution in [0.5, 0.6) is 0 Å². The fraction of sp³-hybridized carbons (Fsp3) is 0.125. The zero-order valence-corrected chi connectivity index (χ0v) is 11.5. The van der Waals surface area contributed by atoms with Crippen LogP contribution in [0.4, 0.5) is 4.39 Å². The van der Waals surface area contributed by atoms with Crippen LogP contribution in [-0.2, 0) is 0 Å². The highest BCUT2D eigenvalue weighted by molar-refractivity contribution is 5.97. The van der Waals surface area contributed by atoms with E-state index >= 15 is 0 Å². The molecule has 0 radical (unpaired) electrons. The Morgan fingerprint density at radius 3 is 2.62 bits per heavy atom. The van der Waals surface area contributed by atoms with Crippen LogP contribution in [0.1, 0.15) is 21.5 Å². The third-order valence-electron chi connectivity index (χ3n) is 3.40. The zero-order valence-electron chi connectivity index (χ0n) is 11.5. The average Bonchev–Trinajstić information content (AvgIpc) is 2.83. The van der Waals surface area contributed by atoms with Crippen LogP contribution in [0.2, 0.25) is 0 Å². The highest BCUT2D eigenvalue weighted by atomic mass is 19.1. The number of hydrogen-bond donors (Lipinski definition) is 1. The van der Waals surface area contributed by atoms with Crippen LogP contribution in [0.3, 0.4) is 0 Å². The number of aromatic nitrogens is 1. The smallest absolute Gasteiger partial charge is 0.336 e. The summed E-state index contributed by atoms with van der Waals surface area (Å²) in [5, 5.41) is 9.42. The van der Waals surface area contributed by atoms with Gasteiger partial charge in [0.2, 0.25) is 5.89 Å². The van der Waals surface area contributed by atoms with Gasteiger partial charge in [0.05, 0.1) is 11.1 Å². The predicted octanol–water partition coefficient (Wildman–Crippen LogP) is 3.95. The number of hydrogen-bond acceptors (Lipinski definition) is 3. The first-order valence-electron chi connectivity index (χ1n) is 6.37. The lowest BCUT2D eigenvalue weighted by atomic mass is 9.97. The maximum absolute atomic E-state index is 13.2. The van der Waals surface area contributed by atoms with Crippen molar-refractivity contribution in [1.29, 1.82) is 0 Å². The summed E-state index contributed by atoms with van der Waals surface area (Å²) >= 11 is 0. The predicted molar refractivity (Wildman–Crippen MR) is 75.8 cm³/mol. The lowest BCUT2D eigenvalue weighted by Crippen LogP contribution is -2.04. The molecule has 0 aliphatic carbocycles. The Hall–Kier alpha value is -2.69. The molecule has 4 nitrogen and oxygen atoms in total. The fourth-order valence-corrected chi connectivity index (χ4v) is 2.37. The van der Waals surface area contributed by atoms with E-state index in [1.807, 2.05) is 6.07 Å². The van der Waals surface area contributed by atoms with Gasteiger partial charge in [0.25, 0.3) is 0 Å². The van der Waals surface area contributed by atoms with Crippen molar-refractivity contribution in [2.24, 2.45) is 0 Å². The van der Waals surface area contributed by atoms with Crippen molar-refractivity contribution in [2.45, 2.75) is 13.8 Å². The highest BCUT2D eigenvalue weighted by Gasteiger charge is 2.21. The molecule has 0 aliphatic rings. The molecule has 0 saturated heterocycles. The Kier molecular flexibility index (Phi) is 2.97. The molecule has 1 N–H and O–H groups in total. The van der Waals surface area contributed by atoms with Crippen LogP contribution in [-0.4, -0.2) is 16.1 Å². The molecular formula is C16H12FNO3. The molecule has 2 aromatic carbocycles. The number of aryl methyl sites for hydroxylation is 2. The van der Waals surface area contributed by atoms with E-state index in [0.29, 0.717) is 22.2 Å². The third-order valence-corrected chi connectivity index (χ3v) is 3.40. The van der Waals surface area contributed by atoms with Crippen LogP contribution >= 0.6 is 0 Å². The Morgan fingerprint density at radius 1 is 1.19 bits per heavy atom. The molecule has 0 unspecified atom stereocenters. The number of fused-ring (bicyclic) bond motifs is 1. The SMILES string of the molecule is Cc1ccc(C)c(-c2nc3ccc(F)cc3o2)c1C(=O)O. The molecule has 0 atom stereocenters. The van der Waals surface area contributed by atoms with Gasteiger partial charge in [0.1, 0.15) is 11.3 Å². The molecule has 0 fully saturated rings. The maximum atomic E-state index is 13.2. The number of aromatic carboxylic acids is 1. The molecule has 1 aromatic heterocycles. The van der Waals surface area contributed by atoms with E-state index in [9.17, 15) is 14.3 Å². The van der Waals surface area contributed by atoms with E-state index in [-0.39, 0.29) is 11.5 Å². The molecule has 5 heteroatoms. The van der Waals surface area contributed by atoms with Crippen molar-refractivity contribution in [3.63, 3.8) is 0 Å². The first-order valence-corrected chi connectivity index (χ1v) is 6.37. The Morgan fingerprint density at radius 2 is 1.90 bits per heavy atom. The van der Waals surface area contributed by atoms with Crippen molar-refractivity contribution in [1.82, 2.24) is 4.98 Å². The minimum absolute atomic E-state index is 0.155. The van der Waals surface area contributed by atoms with Crippen LogP contribution in [0, 0.1) is 19.7 Å². The van der Waals surface area contributed by atoms with Crippen molar-refractivity contribution in [3.05, 3.63) is 52.8 Å². The number of oxazole rings is 1. The van der Waals surface area contributed by atoms with Crippen molar-refractivity contribution >= 4 is 17.1 Å². The van der Waals surface area contributed by atoms with Crippen molar-refractivity contribution in [2.75, 3.05) is 0 Å². The molecule has 3 aromatic rings. The second kappa shape index (κ2) is 4.70. The van der Waals surface area contributed by atoms with Gasteiger partial charge in [-0.1, -0.05) is 12.1 Å². The molecule has 21 heavy (non-hydrogen) atoms. The van der Waals surface area contributed by atoms with Gasteiger partial charge < -0.3 is 9.52 Å². The summed E-state index contributed by atoms with van der Waals surface area (Å²) in [5.41, 5.74) is 2.73. The molecule has 0 bridgehead atoms. The first-order chi connectivity index (χ1) is 9.97. The number of rotatable bonds is 2. The lowest BCUT2D eigenvalue weighted by molar-refractivity contribution is 0.0696. The molecular weight excluding hydrogens is 273 g/mol. The fourth-order valence-electron chi connectivity index (χ4n) is 2.37. The molecule has 0 spiro atoms. The Labute approximate surface area is 119 Å². The van der Waals surface area contributed by atoms with Gasteiger partial charge in [0, 0.05) is 6.07 Å². The van der Waals surface area contributed by atoms with Gasteiger partial charge in [-0.15, -0.1) is 0 Å². The number of carboxylic acid groups (broad SMARTS) is 1. The summed E-state index contributed by atoms with van der Waals surface area (Å²) in [6.45, 7) is 3.51. The highest BCUT2D eigenvalue weighted by Crippen LogP contribution is 2.31. The summed E-state index contributed by atoms with van der Waals surface area (Å²) in [4.78, 5) is 15.8. The molecule has 3 rings (SSSR count). The first kappa shape index (κ1) is 13.3. The molecule has 0 amide bonds. The number of benzene rings is 2. The molecule has 106 valence electrons. The van der Waals surface area contributed by atoms with Gasteiger partial charge in [-0.2, -0.15) is 0 Å². The molecule has 0 saturated carbocycles. The Balaban J connectivity index is 2.32. The lowest BCUT2D eigenvalue weighted by Gasteiger charge is -2.09.